The quantitative estimate of drug-likeness (QED) is 0.670. The van der Waals surface area contributed by atoms with E-state index in [0.717, 1.165) is 11.1 Å². The molecule has 0 bridgehead atoms. The molecule has 1 aliphatic heterocycles. The zero-order valence-electron chi connectivity index (χ0n) is 6.17. The number of ether oxygens (including phenoxy) is 1. The molecule has 0 aromatic heterocycles. The Kier molecular flexibility index (Phi) is 1.73. The summed E-state index contributed by atoms with van der Waals surface area (Å²) in [6.07, 6.45) is 0. The predicted octanol–water partition coefficient (Wildman–Crippen LogP) is 1.89. The predicted molar refractivity (Wildman–Crippen MR) is 46.0 cm³/mol. The largest absolute Gasteiger partial charge is 0.504 e. The van der Waals surface area contributed by atoms with Crippen molar-refractivity contribution in [3.05, 3.63) is 21.7 Å². The summed E-state index contributed by atoms with van der Waals surface area (Å²) in [5.41, 5.74) is 1.85. The average molecular weight is 231 g/mol. The van der Waals surface area contributed by atoms with E-state index in [1.807, 2.05) is 0 Å². The smallest absolute Gasteiger partial charge is 0.172 e. The zero-order valence-corrected chi connectivity index (χ0v) is 7.76. The van der Waals surface area contributed by atoms with Crippen molar-refractivity contribution < 1.29 is 14.9 Å². The van der Waals surface area contributed by atoms with E-state index in [0.29, 0.717) is 17.7 Å². The van der Waals surface area contributed by atoms with Gasteiger partial charge in [0.15, 0.2) is 11.5 Å². The van der Waals surface area contributed by atoms with Gasteiger partial charge < -0.3 is 14.9 Å². The highest BCUT2D eigenvalue weighted by molar-refractivity contribution is 9.10. The topological polar surface area (TPSA) is 49.7 Å². The number of hydrogen-bond donors (Lipinski definition) is 2. The van der Waals surface area contributed by atoms with Crippen LogP contribution in [0, 0.1) is 0 Å². The number of fused-ring (bicyclic) bond motifs is 1. The summed E-state index contributed by atoms with van der Waals surface area (Å²) >= 11 is 3.19. The molecule has 0 saturated carbocycles. The fourth-order valence-electron chi connectivity index (χ4n) is 1.26. The molecule has 0 spiro atoms. The Bertz CT molecular complexity index is 336. The van der Waals surface area contributed by atoms with Crippen molar-refractivity contribution in [2.24, 2.45) is 0 Å². The first-order valence-electron chi connectivity index (χ1n) is 3.50. The number of phenols is 2. The van der Waals surface area contributed by atoms with Gasteiger partial charge in [-0.05, 0) is 27.6 Å². The Morgan fingerprint density at radius 3 is 2.83 bits per heavy atom. The summed E-state index contributed by atoms with van der Waals surface area (Å²) in [6.45, 7) is 0.992. The SMILES string of the molecule is Oc1cc2c(c(Br)c1O)COC2. The standard InChI is InChI=1S/C8H7BrO3/c9-7-5-3-12-2-4(5)1-6(10)8(7)11/h1,10-11H,2-3H2. The van der Waals surface area contributed by atoms with Crippen molar-refractivity contribution in [1.29, 1.82) is 0 Å². The Balaban J connectivity index is 2.67. The lowest BCUT2D eigenvalue weighted by Crippen LogP contribution is -1.84. The van der Waals surface area contributed by atoms with Crippen LogP contribution in [0.1, 0.15) is 11.1 Å². The third-order valence-electron chi connectivity index (χ3n) is 1.92. The Morgan fingerprint density at radius 2 is 2.08 bits per heavy atom. The molecule has 1 heterocycles. The van der Waals surface area contributed by atoms with Gasteiger partial charge in [0.2, 0.25) is 0 Å². The van der Waals surface area contributed by atoms with Crippen LogP contribution >= 0.6 is 15.9 Å². The number of benzene rings is 1. The van der Waals surface area contributed by atoms with Crippen LogP contribution in [0.5, 0.6) is 11.5 Å². The van der Waals surface area contributed by atoms with Gasteiger partial charge in [-0.15, -0.1) is 0 Å². The summed E-state index contributed by atoms with van der Waals surface area (Å²) < 4.78 is 5.69. The van der Waals surface area contributed by atoms with E-state index in [1.54, 1.807) is 0 Å². The summed E-state index contributed by atoms with van der Waals surface area (Å²) in [7, 11) is 0. The van der Waals surface area contributed by atoms with Crippen molar-refractivity contribution in [2.75, 3.05) is 0 Å². The third-order valence-corrected chi connectivity index (χ3v) is 2.77. The lowest BCUT2D eigenvalue weighted by Gasteiger charge is -2.04. The van der Waals surface area contributed by atoms with E-state index in [-0.39, 0.29) is 11.5 Å². The molecule has 0 unspecified atom stereocenters. The van der Waals surface area contributed by atoms with E-state index in [2.05, 4.69) is 15.9 Å². The highest BCUT2D eigenvalue weighted by Gasteiger charge is 2.19. The fourth-order valence-corrected chi connectivity index (χ4v) is 1.84. The highest BCUT2D eigenvalue weighted by Crippen LogP contribution is 2.40. The Morgan fingerprint density at radius 1 is 1.33 bits per heavy atom. The van der Waals surface area contributed by atoms with Crippen LogP contribution < -0.4 is 0 Å². The fraction of sp³-hybridized carbons (Fsp3) is 0.250. The molecule has 64 valence electrons. The molecule has 12 heavy (non-hydrogen) atoms. The molecule has 0 fully saturated rings. The minimum Gasteiger partial charge on any atom is -0.504 e. The lowest BCUT2D eigenvalue weighted by atomic mass is 10.1. The van der Waals surface area contributed by atoms with Crippen molar-refractivity contribution in [1.82, 2.24) is 0 Å². The Hall–Kier alpha value is -0.740. The monoisotopic (exact) mass is 230 g/mol. The van der Waals surface area contributed by atoms with E-state index in [9.17, 15) is 10.2 Å². The van der Waals surface area contributed by atoms with Crippen LogP contribution in [0.3, 0.4) is 0 Å². The van der Waals surface area contributed by atoms with Crippen LogP contribution in [0.2, 0.25) is 0 Å². The molecule has 0 radical (unpaired) electrons. The second-order valence-electron chi connectivity index (χ2n) is 2.69. The minimum atomic E-state index is -0.112. The van der Waals surface area contributed by atoms with Gasteiger partial charge in [-0.3, -0.25) is 0 Å². The number of halogens is 1. The van der Waals surface area contributed by atoms with E-state index in [1.165, 1.54) is 6.07 Å². The number of hydrogen-bond acceptors (Lipinski definition) is 3. The van der Waals surface area contributed by atoms with Gasteiger partial charge in [0.25, 0.3) is 0 Å². The summed E-state index contributed by atoms with van der Waals surface area (Å²) in [4.78, 5) is 0. The van der Waals surface area contributed by atoms with Crippen LogP contribution in [-0.2, 0) is 18.0 Å². The zero-order chi connectivity index (χ0) is 8.72. The first-order valence-corrected chi connectivity index (χ1v) is 4.29. The molecular weight excluding hydrogens is 224 g/mol. The summed E-state index contributed by atoms with van der Waals surface area (Å²) in [6, 6.07) is 1.53. The second-order valence-corrected chi connectivity index (χ2v) is 3.48. The van der Waals surface area contributed by atoms with Crippen LogP contribution in [0.15, 0.2) is 10.5 Å². The maximum Gasteiger partial charge on any atom is 0.172 e. The Labute approximate surface area is 77.7 Å². The molecule has 0 atom stereocenters. The van der Waals surface area contributed by atoms with Crippen LogP contribution in [-0.4, -0.2) is 10.2 Å². The van der Waals surface area contributed by atoms with E-state index in [4.69, 9.17) is 4.74 Å². The molecule has 2 N–H and O–H groups in total. The molecule has 0 amide bonds. The maximum absolute atomic E-state index is 9.32. The second kappa shape index (κ2) is 2.64. The van der Waals surface area contributed by atoms with Gasteiger partial charge in [-0.2, -0.15) is 0 Å². The average Bonchev–Trinajstić information content (AvgIpc) is 2.48. The molecule has 0 saturated heterocycles. The maximum atomic E-state index is 9.32. The first kappa shape index (κ1) is 7.89. The van der Waals surface area contributed by atoms with Crippen molar-refractivity contribution in [3.63, 3.8) is 0 Å². The van der Waals surface area contributed by atoms with Gasteiger partial charge in [0, 0.05) is 5.56 Å². The molecule has 1 aromatic carbocycles. The van der Waals surface area contributed by atoms with Crippen molar-refractivity contribution in [2.45, 2.75) is 13.2 Å². The molecule has 1 aromatic rings. The normalized spacial score (nSPS) is 14.8. The van der Waals surface area contributed by atoms with Crippen LogP contribution in [0.25, 0.3) is 0 Å². The van der Waals surface area contributed by atoms with E-state index >= 15 is 0 Å². The number of phenolic OH excluding ortho intramolecular Hbond substituents is 2. The first-order chi connectivity index (χ1) is 5.70. The minimum absolute atomic E-state index is 0.105. The van der Waals surface area contributed by atoms with E-state index < -0.39 is 0 Å². The van der Waals surface area contributed by atoms with Gasteiger partial charge in [-0.25, -0.2) is 0 Å². The molecule has 2 rings (SSSR count). The molecule has 3 nitrogen and oxygen atoms in total. The molecule has 4 heteroatoms. The van der Waals surface area contributed by atoms with Gasteiger partial charge >= 0.3 is 0 Å². The van der Waals surface area contributed by atoms with Gasteiger partial charge in [0.05, 0.1) is 17.7 Å². The summed E-state index contributed by atoms with van der Waals surface area (Å²) in [5, 5.41) is 18.5. The van der Waals surface area contributed by atoms with Crippen molar-refractivity contribution in [3.8, 4) is 11.5 Å². The third kappa shape index (κ3) is 0.990. The highest BCUT2D eigenvalue weighted by atomic mass is 79.9. The van der Waals surface area contributed by atoms with Gasteiger partial charge in [-0.1, -0.05) is 0 Å². The van der Waals surface area contributed by atoms with Gasteiger partial charge in [0.1, 0.15) is 0 Å². The number of rotatable bonds is 0. The number of aromatic hydroxyl groups is 2. The molecular formula is C8H7BrO3. The molecule has 0 aliphatic carbocycles. The lowest BCUT2D eigenvalue weighted by molar-refractivity contribution is 0.134. The van der Waals surface area contributed by atoms with Crippen LogP contribution in [0.4, 0.5) is 0 Å². The molecule has 1 aliphatic rings. The van der Waals surface area contributed by atoms with Crippen molar-refractivity contribution >= 4 is 15.9 Å². The summed E-state index contributed by atoms with van der Waals surface area (Å²) in [5.74, 6) is -0.217.